The maximum absolute atomic E-state index is 14.7. The number of amides is 7. The Morgan fingerprint density at radius 2 is 0.965 bits per heavy atom. The van der Waals surface area contributed by atoms with Gasteiger partial charge in [-0.25, -0.2) is 0 Å². The van der Waals surface area contributed by atoms with E-state index in [0.29, 0.717) is 51.4 Å². The Kier molecular flexibility index (Phi) is 41.4. The van der Waals surface area contributed by atoms with E-state index in [2.05, 4.69) is 51.1 Å². The highest BCUT2D eigenvalue weighted by molar-refractivity contribution is 5.99. The molecule has 0 spiro atoms. The molecule has 0 saturated carbocycles. The largest absolute Gasteiger partial charge is 0.393 e. The van der Waals surface area contributed by atoms with Crippen molar-refractivity contribution in [2.45, 2.75) is 316 Å². The first-order valence-electron chi connectivity index (χ1n) is 33.3. The summed E-state index contributed by atoms with van der Waals surface area (Å²) in [6.07, 6.45) is 11.0. The first-order valence-corrected chi connectivity index (χ1v) is 33.3. The number of nitrogens with one attached hydrogen (secondary N) is 7. The number of carbonyl (C=O) groups excluding carboxylic acids is 11. The van der Waals surface area contributed by atoms with Crippen LogP contribution in [0.1, 0.15) is 262 Å². The number of carbonyl (C=O) groups is 11. The van der Waals surface area contributed by atoms with Gasteiger partial charge in [-0.2, -0.15) is 0 Å². The Labute approximate surface area is 515 Å². The van der Waals surface area contributed by atoms with Crippen molar-refractivity contribution in [2.75, 3.05) is 6.54 Å². The predicted molar refractivity (Wildman–Crippen MR) is 334 cm³/mol. The van der Waals surface area contributed by atoms with Crippen molar-refractivity contribution in [3.8, 4) is 0 Å². The lowest BCUT2D eigenvalue weighted by molar-refractivity contribution is -0.137. The molecule has 1 rings (SSSR count). The van der Waals surface area contributed by atoms with Gasteiger partial charge in [0.05, 0.1) is 54.3 Å². The molecule has 13 atom stereocenters. The van der Waals surface area contributed by atoms with Gasteiger partial charge in [0, 0.05) is 44.1 Å². The summed E-state index contributed by atoms with van der Waals surface area (Å²) in [5.74, 6) is -11.4. The van der Waals surface area contributed by atoms with Crippen LogP contribution in [-0.4, -0.2) is 136 Å². The number of ketones is 4. The quantitative estimate of drug-likeness (QED) is 0.0289. The maximum atomic E-state index is 14.7. The van der Waals surface area contributed by atoms with Crippen LogP contribution in [0.4, 0.5) is 0 Å². The highest BCUT2D eigenvalue weighted by Gasteiger charge is 2.38. The highest BCUT2D eigenvalue weighted by atomic mass is 16.3. The molecule has 494 valence electrons. The van der Waals surface area contributed by atoms with E-state index in [9.17, 15) is 63.0 Å². The normalized spacial score (nSPS) is 23.0. The van der Waals surface area contributed by atoms with Crippen molar-refractivity contribution in [1.82, 2.24) is 37.2 Å². The molecule has 0 aliphatic carbocycles. The molecule has 11 N–H and O–H groups in total. The lowest BCUT2D eigenvalue weighted by Gasteiger charge is -2.27. The lowest BCUT2D eigenvalue weighted by Crippen LogP contribution is -2.56. The topological polar surface area (TPSA) is 338 Å². The first kappa shape index (κ1) is 78.9. The van der Waals surface area contributed by atoms with E-state index in [-0.39, 0.29) is 57.9 Å². The van der Waals surface area contributed by atoms with Gasteiger partial charge in [-0.1, -0.05) is 165 Å². The molecule has 0 aromatic heterocycles. The molecule has 1 aliphatic heterocycles. The summed E-state index contributed by atoms with van der Waals surface area (Å²) in [6.45, 7) is 17.5. The van der Waals surface area contributed by atoms with E-state index < -0.39 is 162 Å². The summed E-state index contributed by atoms with van der Waals surface area (Å²) >= 11 is 0. The number of hydrogen-bond donors (Lipinski definition) is 10. The second-order valence-corrected chi connectivity index (χ2v) is 24.3. The summed E-state index contributed by atoms with van der Waals surface area (Å²) in [5.41, 5.74) is 6.24. The molecule has 1 aliphatic rings. The Morgan fingerprint density at radius 1 is 0.500 bits per heavy atom. The first-order chi connectivity index (χ1) is 41.0. The molecule has 86 heavy (non-hydrogen) atoms. The minimum atomic E-state index is -1.36. The SMILES string of the molecule is CCCCCCCC[C@H]1CC(=O)[C@H](CCC)NC(=O)[C@@H](CC(=O)[C@H](CCC)NC(=O)[C@@H](CC(=O)[C@H](CCC)NC(=O)[C@@H](N)CCCCCCCC)[C@@H](C)O)CCNC(=O)[C@H]([C@@H](C)O)CC(=O)[C@H](CCC)NC(=O)[C@H](CCC)NC(=O)[C@H](CC)NC1=O. The molecule has 7 amide bonds. The molecule has 0 unspecified atom stereocenters. The Morgan fingerprint density at radius 3 is 1.50 bits per heavy atom. The number of hydrogen-bond acceptors (Lipinski definition) is 14. The zero-order valence-electron chi connectivity index (χ0n) is 54.4. The van der Waals surface area contributed by atoms with Crippen molar-refractivity contribution in [3.63, 3.8) is 0 Å². The Hall–Kier alpha value is -5.15. The molecule has 0 radical (unpaired) electrons. The minimum absolute atomic E-state index is 0.101. The van der Waals surface area contributed by atoms with Gasteiger partial charge in [0.15, 0.2) is 23.1 Å². The standard InChI is InChI=1S/C65H116N8O13/c1-11-19-21-23-25-27-34-44-38-55(76)50(29-13-3)69-60(81)45(36-37-67-61(82)46(42(9)74)40-57(78)53(32-16-6)72-65(86)54(33-17-7)73-64(85)49(18-8)68-59(44)80)39-56(77)51(30-14-4)70-62(83)47(43(10)75)41-58(79)52(31-15-5)71-63(84)48(66)35-28-26-24-22-20-12-2/h42-54,74-75H,11-41,66H2,1-10H3,(H,67,82)(H,68,80)(H,69,81)(H,70,83)(H,71,84)(H,72,86)(H,73,85)/t42-,43-,44+,45-,46+,47+,48+,49+,50+,51+,52+,53+,54+/m1/s1. The van der Waals surface area contributed by atoms with Gasteiger partial charge in [-0.3, -0.25) is 52.7 Å². The molecule has 1 fully saturated rings. The number of Topliss-reactive ketones (excluding diaryl/α,β-unsaturated/α-hetero) is 4. The van der Waals surface area contributed by atoms with E-state index in [1.807, 2.05) is 27.7 Å². The predicted octanol–water partition coefficient (Wildman–Crippen LogP) is 6.72. The van der Waals surface area contributed by atoms with Gasteiger partial charge in [-0.05, 0) is 71.6 Å². The summed E-state index contributed by atoms with van der Waals surface area (Å²) < 4.78 is 0. The average Bonchev–Trinajstić information content (AvgIpc) is 3.44. The van der Waals surface area contributed by atoms with Gasteiger partial charge in [0.1, 0.15) is 12.1 Å². The average molecular weight is 1220 g/mol. The zero-order valence-corrected chi connectivity index (χ0v) is 54.4. The van der Waals surface area contributed by atoms with Crippen LogP contribution in [0, 0.1) is 23.7 Å². The summed E-state index contributed by atoms with van der Waals surface area (Å²) in [5, 5.41) is 41.4. The molecule has 21 heteroatoms. The smallest absolute Gasteiger partial charge is 0.243 e. The van der Waals surface area contributed by atoms with Gasteiger partial charge in [-0.15, -0.1) is 0 Å². The molecule has 0 bridgehead atoms. The van der Waals surface area contributed by atoms with Crippen LogP contribution in [0.5, 0.6) is 0 Å². The van der Waals surface area contributed by atoms with Crippen molar-refractivity contribution in [2.24, 2.45) is 29.4 Å². The van der Waals surface area contributed by atoms with Crippen molar-refractivity contribution in [1.29, 1.82) is 0 Å². The van der Waals surface area contributed by atoms with Crippen LogP contribution < -0.4 is 43.0 Å². The Bertz CT molecular complexity index is 2090. The molecular weight excluding hydrogens is 1100 g/mol. The molecule has 1 saturated heterocycles. The van der Waals surface area contributed by atoms with Crippen LogP contribution in [0.15, 0.2) is 0 Å². The van der Waals surface area contributed by atoms with Gasteiger partial charge < -0.3 is 53.2 Å². The van der Waals surface area contributed by atoms with Crippen LogP contribution in [0.25, 0.3) is 0 Å². The minimum Gasteiger partial charge on any atom is -0.393 e. The third kappa shape index (κ3) is 30.2. The number of aliphatic hydroxyl groups excluding tert-OH is 2. The molecule has 0 aromatic rings. The van der Waals surface area contributed by atoms with Crippen LogP contribution >= 0.6 is 0 Å². The summed E-state index contributed by atoms with van der Waals surface area (Å²) in [4.78, 5) is 155. The molecule has 1 heterocycles. The van der Waals surface area contributed by atoms with Crippen molar-refractivity contribution < 1.29 is 63.0 Å². The number of unbranched alkanes of at least 4 members (excludes halogenated alkanes) is 10. The van der Waals surface area contributed by atoms with Gasteiger partial charge in [0.2, 0.25) is 41.4 Å². The molecular formula is C65H116N8O13. The summed E-state index contributed by atoms with van der Waals surface area (Å²) in [6, 6.07) is -7.40. The van der Waals surface area contributed by atoms with Crippen LogP contribution in [0.2, 0.25) is 0 Å². The van der Waals surface area contributed by atoms with E-state index in [0.717, 1.165) is 70.6 Å². The van der Waals surface area contributed by atoms with Crippen molar-refractivity contribution >= 4 is 64.5 Å². The number of aliphatic hydroxyl groups is 2. The van der Waals surface area contributed by atoms with Crippen molar-refractivity contribution in [3.05, 3.63) is 0 Å². The van der Waals surface area contributed by atoms with Crippen LogP contribution in [-0.2, 0) is 52.7 Å². The fourth-order valence-corrected chi connectivity index (χ4v) is 11.1. The van der Waals surface area contributed by atoms with Gasteiger partial charge >= 0.3 is 0 Å². The second kappa shape index (κ2) is 45.2. The van der Waals surface area contributed by atoms with Gasteiger partial charge in [0.25, 0.3) is 0 Å². The Balaban J connectivity index is 3.79. The maximum Gasteiger partial charge on any atom is 0.243 e. The third-order valence-corrected chi connectivity index (χ3v) is 16.6. The highest BCUT2D eigenvalue weighted by Crippen LogP contribution is 2.23. The van der Waals surface area contributed by atoms with E-state index in [1.54, 1.807) is 13.8 Å². The van der Waals surface area contributed by atoms with E-state index >= 15 is 0 Å². The molecule has 0 aromatic carbocycles. The number of rotatable bonds is 37. The second-order valence-electron chi connectivity index (χ2n) is 24.3. The fraction of sp³-hybridized carbons (Fsp3) is 0.831. The summed E-state index contributed by atoms with van der Waals surface area (Å²) in [7, 11) is 0. The van der Waals surface area contributed by atoms with Crippen LogP contribution in [0.3, 0.4) is 0 Å². The molecule has 21 nitrogen and oxygen atoms in total. The third-order valence-electron chi connectivity index (χ3n) is 16.6. The fourth-order valence-electron chi connectivity index (χ4n) is 11.1. The van der Waals surface area contributed by atoms with E-state index in [1.165, 1.54) is 13.8 Å². The monoisotopic (exact) mass is 1220 g/mol. The number of nitrogens with two attached hydrogens (primary N) is 1. The zero-order chi connectivity index (χ0) is 64.7. The van der Waals surface area contributed by atoms with E-state index in [4.69, 9.17) is 5.73 Å². The lowest BCUT2D eigenvalue weighted by atomic mass is 9.89.